The van der Waals surface area contributed by atoms with E-state index >= 15 is 0 Å². The molecule has 0 unspecified atom stereocenters. The summed E-state index contributed by atoms with van der Waals surface area (Å²) in [4.78, 5) is 24.8. The first-order chi connectivity index (χ1) is 12.8. The summed E-state index contributed by atoms with van der Waals surface area (Å²) in [7, 11) is 0. The number of rotatable bonds is 6. The lowest BCUT2D eigenvalue weighted by Gasteiger charge is -2.21. The number of amides is 2. The minimum Gasteiger partial charge on any atom is -0.370 e. The van der Waals surface area contributed by atoms with Gasteiger partial charge in [0, 0.05) is 22.8 Å². The van der Waals surface area contributed by atoms with E-state index in [0.29, 0.717) is 6.04 Å². The summed E-state index contributed by atoms with van der Waals surface area (Å²) in [6.07, 6.45) is 2.10. The largest absolute Gasteiger partial charge is 0.370 e. The van der Waals surface area contributed by atoms with Crippen molar-refractivity contribution in [1.29, 1.82) is 0 Å². The Balaban J connectivity index is 1.71. The van der Waals surface area contributed by atoms with Gasteiger partial charge in [0.05, 0.1) is 0 Å². The normalized spacial score (nSPS) is 14.9. The third-order valence-electron chi connectivity index (χ3n) is 4.45. The monoisotopic (exact) mass is 365 g/mol. The molecule has 0 bridgehead atoms. The molecular weight excluding hydrogens is 338 g/mol. The molecule has 0 saturated heterocycles. The van der Waals surface area contributed by atoms with Gasteiger partial charge in [-0.05, 0) is 42.7 Å². The third kappa shape index (κ3) is 5.33. The number of hydrogen-bond acceptors (Lipinski definition) is 3. The molecule has 5 heteroatoms. The third-order valence-corrected chi connectivity index (χ3v) is 4.45. The summed E-state index contributed by atoms with van der Waals surface area (Å²) in [6.45, 7) is 5.63. The molecule has 2 aromatic rings. The van der Waals surface area contributed by atoms with Gasteiger partial charge in [0.1, 0.15) is 6.04 Å². The molecule has 5 nitrogen and oxygen atoms in total. The van der Waals surface area contributed by atoms with Crippen LogP contribution in [0.1, 0.15) is 45.2 Å². The highest BCUT2D eigenvalue weighted by molar-refractivity contribution is 5.94. The Labute approximate surface area is 160 Å². The van der Waals surface area contributed by atoms with E-state index in [0.717, 1.165) is 29.8 Å². The van der Waals surface area contributed by atoms with Gasteiger partial charge in [0.2, 0.25) is 11.8 Å². The lowest BCUT2D eigenvalue weighted by Crippen LogP contribution is -2.34. The van der Waals surface area contributed by atoms with Crippen LogP contribution in [0.3, 0.4) is 0 Å². The first kappa shape index (κ1) is 19.0. The molecule has 3 N–H and O–H groups in total. The van der Waals surface area contributed by atoms with Crippen LogP contribution in [0, 0.1) is 5.41 Å². The van der Waals surface area contributed by atoms with Crippen LogP contribution >= 0.6 is 0 Å². The van der Waals surface area contributed by atoms with Crippen molar-refractivity contribution in [3.05, 3.63) is 60.2 Å². The Morgan fingerprint density at radius 1 is 0.926 bits per heavy atom. The summed E-state index contributed by atoms with van der Waals surface area (Å²) in [5.74, 6) is -0.0528. The van der Waals surface area contributed by atoms with Gasteiger partial charge < -0.3 is 16.0 Å². The number of nitrogens with one attached hydrogen (secondary N) is 3. The second-order valence-corrected chi connectivity index (χ2v) is 8.05. The van der Waals surface area contributed by atoms with Gasteiger partial charge in [-0.3, -0.25) is 9.59 Å². The SMILES string of the molecule is CC(C)(C)C(=O)Nc1ccc(N[C@H](C(=O)NC2CC2)c2ccccc2)cc1. The minimum atomic E-state index is -0.457. The van der Waals surface area contributed by atoms with Crippen LogP contribution in [-0.2, 0) is 9.59 Å². The average molecular weight is 365 g/mol. The second kappa shape index (κ2) is 7.82. The van der Waals surface area contributed by atoms with Gasteiger partial charge in [-0.2, -0.15) is 0 Å². The quantitative estimate of drug-likeness (QED) is 0.722. The van der Waals surface area contributed by atoms with Gasteiger partial charge in [-0.1, -0.05) is 51.1 Å². The van der Waals surface area contributed by atoms with Crippen LogP contribution < -0.4 is 16.0 Å². The Morgan fingerprint density at radius 2 is 1.52 bits per heavy atom. The number of carbonyl (C=O) groups excluding carboxylic acids is 2. The van der Waals surface area contributed by atoms with Gasteiger partial charge >= 0.3 is 0 Å². The molecule has 0 spiro atoms. The summed E-state index contributed by atoms with van der Waals surface area (Å²) < 4.78 is 0. The highest BCUT2D eigenvalue weighted by Gasteiger charge is 2.28. The molecule has 1 fully saturated rings. The number of carbonyl (C=O) groups is 2. The van der Waals surface area contributed by atoms with Crippen molar-refractivity contribution in [2.24, 2.45) is 5.41 Å². The first-order valence-electron chi connectivity index (χ1n) is 9.36. The van der Waals surface area contributed by atoms with E-state index in [-0.39, 0.29) is 11.8 Å². The van der Waals surface area contributed by atoms with Crippen LogP contribution in [0.4, 0.5) is 11.4 Å². The molecule has 1 saturated carbocycles. The van der Waals surface area contributed by atoms with E-state index < -0.39 is 11.5 Å². The van der Waals surface area contributed by atoms with E-state index in [1.165, 1.54) is 0 Å². The molecule has 3 rings (SSSR count). The molecule has 0 heterocycles. The van der Waals surface area contributed by atoms with Crippen molar-refractivity contribution in [3.63, 3.8) is 0 Å². The number of benzene rings is 2. The fraction of sp³-hybridized carbons (Fsp3) is 0.364. The summed E-state index contributed by atoms with van der Waals surface area (Å²) in [6, 6.07) is 17.0. The highest BCUT2D eigenvalue weighted by Crippen LogP contribution is 2.25. The molecule has 0 aromatic heterocycles. The van der Waals surface area contributed by atoms with Crippen LogP contribution in [-0.4, -0.2) is 17.9 Å². The smallest absolute Gasteiger partial charge is 0.247 e. The highest BCUT2D eigenvalue weighted by atomic mass is 16.2. The molecule has 0 aliphatic heterocycles. The van der Waals surface area contributed by atoms with Crippen molar-refractivity contribution in [3.8, 4) is 0 Å². The average Bonchev–Trinajstić information content (AvgIpc) is 3.45. The zero-order chi connectivity index (χ0) is 19.4. The van der Waals surface area contributed by atoms with E-state index in [1.807, 2.05) is 75.4 Å². The Kier molecular flexibility index (Phi) is 5.49. The molecular formula is C22H27N3O2. The van der Waals surface area contributed by atoms with Crippen LogP contribution in [0.2, 0.25) is 0 Å². The van der Waals surface area contributed by atoms with E-state index in [9.17, 15) is 9.59 Å². The molecule has 27 heavy (non-hydrogen) atoms. The fourth-order valence-electron chi connectivity index (χ4n) is 2.59. The molecule has 0 radical (unpaired) electrons. The molecule has 142 valence electrons. The van der Waals surface area contributed by atoms with Crippen LogP contribution in [0.15, 0.2) is 54.6 Å². The fourth-order valence-corrected chi connectivity index (χ4v) is 2.59. The van der Waals surface area contributed by atoms with Gasteiger partial charge in [0.15, 0.2) is 0 Å². The zero-order valence-electron chi connectivity index (χ0n) is 16.1. The summed E-state index contributed by atoms with van der Waals surface area (Å²) in [5, 5.41) is 9.29. The molecule has 1 aliphatic rings. The molecule has 2 amide bonds. The predicted molar refractivity (Wildman–Crippen MR) is 108 cm³/mol. The maximum absolute atomic E-state index is 12.7. The predicted octanol–water partition coefficient (Wildman–Crippen LogP) is 4.10. The zero-order valence-corrected chi connectivity index (χ0v) is 16.1. The van der Waals surface area contributed by atoms with Crippen LogP contribution in [0.25, 0.3) is 0 Å². The Morgan fingerprint density at radius 3 is 2.07 bits per heavy atom. The van der Waals surface area contributed by atoms with E-state index in [1.54, 1.807) is 0 Å². The Hall–Kier alpha value is -2.82. The molecule has 2 aromatic carbocycles. The maximum Gasteiger partial charge on any atom is 0.247 e. The first-order valence-corrected chi connectivity index (χ1v) is 9.36. The Bertz CT molecular complexity index is 791. The van der Waals surface area contributed by atoms with E-state index in [4.69, 9.17) is 0 Å². The van der Waals surface area contributed by atoms with Gasteiger partial charge in [-0.25, -0.2) is 0 Å². The summed E-state index contributed by atoms with van der Waals surface area (Å²) in [5.41, 5.74) is 2.03. The maximum atomic E-state index is 12.7. The van der Waals surface area contributed by atoms with Crippen molar-refractivity contribution in [2.75, 3.05) is 10.6 Å². The topological polar surface area (TPSA) is 70.2 Å². The molecule has 1 atom stereocenters. The van der Waals surface area contributed by atoms with Crippen molar-refractivity contribution < 1.29 is 9.59 Å². The number of anilines is 2. The lowest BCUT2D eigenvalue weighted by atomic mass is 9.95. The number of hydrogen-bond donors (Lipinski definition) is 3. The van der Waals surface area contributed by atoms with Gasteiger partial charge in [-0.15, -0.1) is 0 Å². The standard InChI is InChI=1S/C22H27N3O2/c1-22(2,3)21(27)25-18-13-9-16(10-14-18)23-19(15-7-5-4-6-8-15)20(26)24-17-11-12-17/h4-10,13-14,17,19,23H,11-12H2,1-3H3,(H,24,26)(H,25,27)/t19-/m0/s1. The van der Waals surface area contributed by atoms with Crippen molar-refractivity contribution in [1.82, 2.24) is 5.32 Å². The second-order valence-electron chi connectivity index (χ2n) is 8.05. The minimum absolute atomic E-state index is 0.0196. The lowest BCUT2D eigenvalue weighted by molar-refractivity contribution is -0.123. The van der Waals surface area contributed by atoms with Gasteiger partial charge in [0.25, 0.3) is 0 Å². The van der Waals surface area contributed by atoms with Crippen molar-refractivity contribution in [2.45, 2.75) is 45.7 Å². The molecule has 1 aliphatic carbocycles. The van der Waals surface area contributed by atoms with Crippen molar-refractivity contribution >= 4 is 23.2 Å². The van der Waals surface area contributed by atoms with E-state index in [2.05, 4.69) is 16.0 Å². The summed E-state index contributed by atoms with van der Waals surface area (Å²) >= 11 is 0. The van der Waals surface area contributed by atoms with Crippen LogP contribution in [0.5, 0.6) is 0 Å².